The maximum atomic E-state index is 8.83. The van der Waals surface area contributed by atoms with E-state index < -0.39 is 0 Å². The molecule has 1 heterocycles. The summed E-state index contributed by atoms with van der Waals surface area (Å²) in [6.07, 6.45) is 3.59. The summed E-state index contributed by atoms with van der Waals surface area (Å²) in [7, 11) is 1.62. The second kappa shape index (κ2) is 7.77. The van der Waals surface area contributed by atoms with Crippen molar-refractivity contribution in [3.63, 3.8) is 0 Å². The lowest BCUT2D eigenvalue weighted by Gasteiger charge is -2.11. The van der Waals surface area contributed by atoms with Crippen LogP contribution in [0.15, 0.2) is 18.2 Å². The van der Waals surface area contributed by atoms with Crippen LogP contribution >= 0.6 is 11.3 Å². The zero-order valence-electron chi connectivity index (χ0n) is 13.3. The quantitative estimate of drug-likeness (QED) is 0.775. The van der Waals surface area contributed by atoms with Crippen LogP contribution in [0.3, 0.4) is 0 Å². The third-order valence-electron chi connectivity index (χ3n) is 3.82. The van der Waals surface area contributed by atoms with Crippen LogP contribution in [-0.4, -0.2) is 30.4 Å². The Morgan fingerprint density at radius 1 is 1.26 bits per heavy atom. The minimum Gasteiger partial charge on any atom is -0.493 e. The number of fused-ring (bicyclic) bond motifs is 1. The van der Waals surface area contributed by atoms with Crippen molar-refractivity contribution in [3.05, 3.63) is 39.3 Å². The van der Waals surface area contributed by atoms with E-state index in [1.807, 2.05) is 29.5 Å². The van der Waals surface area contributed by atoms with Gasteiger partial charge in [0.1, 0.15) is 11.6 Å². The number of aliphatic hydroxyl groups excluding tert-OH is 1. The van der Waals surface area contributed by atoms with Crippen LogP contribution in [0, 0.1) is 0 Å². The molecule has 0 unspecified atom stereocenters. The fraction of sp³-hybridized carbons (Fsp3) is 0.471. The number of hydrogen-bond donors (Lipinski definition) is 2. The molecule has 0 fully saturated rings. The molecule has 5 nitrogen and oxygen atoms in total. The first-order valence-electron chi connectivity index (χ1n) is 7.89. The molecule has 2 aromatic rings. The monoisotopic (exact) mass is 334 g/mol. The highest BCUT2D eigenvalue weighted by molar-refractivity contribution is 7.11. The minimum absolute atomic E-state index is 0.00967. The van der Waals surface area contributed by atoms with Gasteiger partial charge in [-0.25, -0.2) is 4.98 Å². The van der Waals surface area contributed by atoms with Gasteiger partial charge < -0.3 is 19.9 Å². The van der Waals surface area contributed by atoms with E-state index in [-0.39, 0.29) is 13.2 Å². The summed E-state index contributed by atoms with van der Waals surface area (Å²) in [6, 6.07) is 5.84. The Balaban J connectivity index is 1.54. The number of ether oxygens (including phenoxy) is 2. The number of rotatable bonds is 8. The Morgan fingerprint density at radius 2 is 2.17 bits per heavy atom. The fourth-order valence-corrected chi connectivity index (χ4v) is 3.86. The highest BCUT2D eigenvalue weighted by Gasteiger charge is 2.16. The normalized spacial score (nSPS) is 13.1. The third kappa shape index (κ3) is 4.02. The van der Waals surface area contributed by atoms with E-state index in [2.05, 4.69) is 5.32 Å². The molecule has 0 spiro atoms. The van der Waals surface area contributed by atoms with Gasteiger partial charge in [0, 0.05) is 18.0 Å². The van der Waals surface area contributed by atoms with Gasteiger partial charge in [-0.1, -0.05) is 6.07 Å². The average Bonchev–Trinajstić information content (AvgIpc) is 3.15. The van der Waals surface area contributed by atoms with E-state index in [0.29, 0.717) is 11.5 Å². The Labute approximate surface area is 140 Å². The lowest BCUT2D eigenvalue weighted by molar-refractivity contribution is 0.196. The van der Waals surface area contributed by atoms with Crippen LogP contribution in [0.2, 0.25) is 0 Å². The molecule has 0 saturated carbocycles. The van der Waals surface area contributed by atoms with Gasteiger partial charge in [-0.3, -0.25) is 0 Å². The van der Waals surface area contributed by atoms with Gasteiger partial charge >= 0.3 is 0 Å². The summed E-state index contributed by atoms with van der Waals surface area (Å²) in [5, 5.41) is 13.4. The molecule has 0 bridgehead atoms. The van der Waals surface area contributed by atoms with Crippen molar-refractivity contribution in [2.45, 2.75) is 32.4 Å². The van der Waals surface area contributed by atoms with E-state index in [4.69, 9.17) is 19.6 Å². The highest BCUT2D eigenvalue weighted by Crippen LogP contribution is 2.29. The second-order valence-corrected chi connectivity index (χ2v) is 6.66. The molecular weight excluding hydrogens is 312 g/mol. The topological polar surface area (TPSA) is 63.6 Å². The van der Waals surface area contributed by atoms with E-state index in [0.717, 1.165) is 25.1 Å². The van der Waals surface area contributed by atoms with Gasteiger partial charge in [0.05, 0.1) is 19.4 Å². The number of benzene rings is 1. The molecule has 124 valence electrons. The minimum atomic E-state index is -0.00967. The van der Waals surface area contributed by atoms with Gasteiger partial charge in [0.2, 0.25) is 0 Å². The van der Waals surface area contributed by atoms with Crippen molar-refractivity contribution in [1.29, 1.82) is 0 Å². The summed E-state index contributed by atoms with van der Waals surface area (Å²) in [4.78, 5) is 6.16. The number of aliphatic hydroxyl groups is 1. The molecule has 0 saturated heterocycles. The van der Waals surface area contributed by atoms with Crippen molar-refractivity contribution in [2.24, 2.45) is 0 Å². The van der Waals surface area contributed by atoms with E-state index >= 15 is 0 Å². The number of aromatic nitrogens is 1. The molecule has 2 N–H and O–H groups in total. The molecule has 0 aliphatic heterocycles. The zero-order valence-corrected chi connectivity index (χ0v) is 14.1. The van der Waals surface area contributed by atoms with Gasteiger partial charge in [0.15, 0.2) is 11.5 Å². The van der Waals surface area contributed by atoms with Crippen molar-refractivity contribution in [1.82, 2.24) is 10.3 Å². The molecule has 6 heteroatoms. The van der Waals surface area contributed by atoms with E-state index in [1.165, 1.54) is 28.4 Å². The maximum absolute atomic E-state index is 8.83. The van der Waals surface area contributed by atoms with Crippen LogP contribution in [-0.2, 0) is 25.9 Å². The summed E-state index contributed by atoms with van der Waals surface area (Å²) in [5.74, 6) is 1.34. The van der Waals surface area contributed by atoms with Crippen LogP contribution in [0.5, 0.6) is 11.5 Å². The van der Waals surface area contributed by atoms with Gasteiger partial charge in [-0.15, -0.1) is 11.3 Å². The lowest BCUT2D eigenvalue weighted by Crippen LogP contribution is -2.13. The smallest absolute Gasteiger partial charge is 0.161 e. The maximum Gasteiger partial charge on any atom is 0.161 e. The van der Waals surface area contributed by atoms with Crippen LogP contribution in [0.4, 0.5) is 0 Å². The van der Waals surface area contributed by atoms with Crippen LogP contribution in [0.25, 0.3) is 0 Å². The first-order chi connectivity index (χ1) is 11.3. The van der Waals surface area contributed by atoms with Crippen molar-refractivity contribution >= 4 is 11.3 Å². The molecule has 1 aromatic heterocycles. The summed E-state index contributed by atoms with van der Waals surface area (Å²) in [5.41, 5.74) is 2.43. The van der Waals surface area contributed by atoms with E-state index in [1.54, 1.807) is 7.11 Å². The lowest BCUT2D eigenvalue weighted by atomic mass is 10.2. The predicted octanol–water partition coefficient (Wildman–Crippen LogP) is 2.30. The standard InChI is InChI=1S/C17H22N2O3S/c1-21-15-9-12(5-6-14(15)22-8-7-20)10-18-11-17-19-13-3-2-4-16(13)23-17/h5-6,9,18,20H,2-4,7-8,10-11H2,1H3. The molecule has 0 amide bonds. The number of hydrogen-bond acceptors (Lipinski definition) is 6. The van der Waals surface area contributed by atoms with Crippen LogP contribution in [0.1, 0.15) is 27.6 Å². The Kier molecular flexibility index (Phi) is 5.48. The number of methoxy groups -OCH3 is 1. The molecule has 1 aromatic carbocycles. The second-order valence-electron chi connectivity index (χ2n) is 5.49. The van der Waals surface area contributed by atoms with Gasteiger partial charge in [0.25, 0.3) is 0 Å². The van der Waals surface area contributed by atoms with Crippen LogP contribution < -0.4 is 14.8 Å². The summed E-state index contributed by atoms with van der Waals surface area (Å²) in [6.45, 7) is 1.80. The Hall–Kier alpha value is -1.63. The van der Waals surface area contributed by atoms with Crippen molar-refractivity contribution < 1.29 is 14.6 Å². The Morgan fingerprint density at radius 3 is 2.96 bits per heavy atom. The molecule has 1 aliphatic rings. The number of nitrogens with zero attached hydrogens (tertiary/aromatic N) is 1. The largest absolute Gasteiger partial charge is 0.493 e. The van der Waals surface area contributed by atoms with Crippen molar-refractivity contribution in [3.8, 4) is 11.5 Å². The third-order valence-corrected chi connectivity index (χ3v) is 4.98. The average molecular weight is 334 g/mol. The SMILES string of the molecule is COc1cc(CNCc2nc3c(s2)CCC3)ccc1OCCO. The summed E-state index contributed by atoms with van der Waals surface area (Å²) < 4.78 is 10.8. The summed E-state index contributed by atoms with van der Waals surface area (Å²) >= 11 is 1.83. The zero-order chi connectivity index (χ0) is 16.1. The number of nitrogens with one attached hydrogen (secondary N) is 1. The molecule has 1 aliphatic carbocycles. The first kappa shape index (κ1) is 16.2. The molecule has 3 rings (SSSR count). The van der Waals surface area contributed by atoms with Gasteiger partial charge in [-0.2, -0.15) is 0 Å². The van der Waals surface area contributed by atoms with Gasteiger partial charge in [-0.05, 0) is 37.0 Å². The predicted molar refractivity (Wildman–Crippen MR) is 90.3 cm³/mol. The molecule has 23 heavy (non-hydrogen) atoms. The van der Waals surface area contributed by atoms with Crippen molar-refractivity contribution in [2.75, 3.05) is 20.3 Å². The molecule has 0 atom stereocenters. The highest BCUT2D eigenvalue weighted by atomic mass is 32.1. The van der Waals surface area contributed by atoms with E-state index in [9.17, 15) is 0 Å². The Bertz CT molecular complexity index is 636. The fourth-order valence-electron chi connectivity index (χ4n) is 2.73. The number of thiazole rings is 1. The first-order valence-corrected chi connectivity index (χ1v) is 8.70. The molecule has 0 radical (unpaired) electrons. The molecular formula is C17H22N2O3S. The number of aryl methyl sites for hydroxylation is 2.